The van der Waals surface area contributed by atoms with E-state index in [9.17, 15) is 13.2 Å². The number of rotatable bonds is 6. The Morgan fingerprint density at radius 2 is 1.60 bits per heavy atom. The van der Waals surface area contributed by atoms with Crippen molar-refractivity contribution in [1.82, 2.24) is 0 Å². The molecule has 0 aliphatic rings. The predicted molar refractivity (Wildman–Crippen MR) is 92.8 cm³/mol. The molecule has 0 bridgehead atoms. The first-order chi connectivity index (χ1) is 11.8. The van der Waals surface area contributed by atoms with E-state index in [4.69, 9.17) is 13.7 Å². The molecule has 0 heterocycles. The summed E-state index contributed by atoms with van der Waals surface area (Å²) >= 11 is 0. The number of benzene rings is 2. The minimum atomic E-state index is -4.13. The Kier molecular flexibility index (Phi) is 5.53. The molecule has 134 valence electrons. The molecule has 1 N–H and O–H groups in total. The third-order valence-electron chi connectivity index (χ3n) is 3.29. The number of anilines is 1. The van der Waals surface area contributed by atoms with Gasteiger partial charge in [0.2, 0.25) is 5.91 Å². The average Bonchev–Trinajstić information content (AvgIpc) is 2.55. The van der Waals surface area contributed by atoms with E-state index in [1.165, 1.54) is 45.4 Å². The maximum atomic E-state index is 12.6. The molecule has 2 aromatic carbocycles. The molecule has 7 nitrogen and oxygen atoms in total. The highest BCUT2D eigenvalue weighted by molar-refractivity contribution is 7.87. The Morgan fingerprint density at radius 1 is 0.960 bits per heavy atom. The topological polar surface area (TPSA) is 90.9 Å². The molecule has 0 radical (unpaired) electrons. The van der Waals surface area contributed by atoms with Gasteiger partial charge in [-0.15, -0.1) is 0 Å². The first kappa shape index (κ1) is 18.6. The highest BCUT2D eigenvalue weighted by atomic mass is 32.2. The van der Waals surface area contributed by atoms with Crippen LogP contribution in [0.1, 0.15) is 12.5 Å². The van der Waals surface area contributed by atoms with Crippen molar-refractivity contribution >= 4 is 21.7 Å². The number of methoxy groups -OCH3 is 2. The Morgan fingerprint density at radius 3 is 2.20 bits per heavy atom. The normalized spacial score (nSPS) is 10.9. The third kappa shape index (κ3) is 4.42. The molecule has 1 amide bonds. The van der Waals surface area contributed by atoms with E-state index in [1.54, 1.807) is 12.1 Å². The van der Waals surface area contributed by atoms with Gasteiger partial charge in [-0.25, -0.2) is 0 Å². The fraction of sp³-hybridized carbons (Fsp3) is 0.235. The zero-order valence-electron chi connectivity index (χ0n) is 14.3. The van der Waals surface area contributed by atoms with E-state index in [0.717, 1.165) is 5.56 Å². The Labute approximate surface area is 146 Å². The van der Waals surface area contributed by atoms with Crippen molar-refractivity contribution in [2.75, 3.05) is 19.5 Å². The second-order valence-electron chi connectivity index (χ2n) is 5.24. The lowest BCUT2D eigenvalue weighted by molar-refractivity contribution is -0.114. The summed E-state index contributed by atoms with van der Waals surface area (Å²) in [6.45, 7) is 3.16. The molecule has 0 saturated carbocycles. The molecule has 2 aromatic rings. The van der Waals surface area contributed by atoms with Gasteiger partial charge in [-0.3, -0.25) is 4.79 Å². The average molecular weight is 365 g/mol. The van der Waals surface area contributed by atoms with E-state index >= 15 is 0 Å². The van der Waals surface area contributed by atoms with Crippen LogP contribution in [-0.4, -0.2) is 28.5 Å². The van der Waals surface area contributed by atoms with Crippen molar-refractivity contribution < 1.29 is 26.9 Å². The second kappa shape index (κ2) is 7.43. The van der Waals surface area contributed by atoms with Crippen LogP contribution < -0.4 is 19.0 Å². The molecule has 2 rings (SSSR count). The van der Waals surface area contributed by atoms with Gasteiger partial charge in [0.1, 0.15) is 10.6 Å². The summed E-state index contributed by atoms with van der Waals surface area (Å²) in [5.41, 5.74) is 1.13. The van der Waals surface area contributed by atoms with E-state index in [1.807, 2.05) is 6.92 Å². The van der Waals surface area contributed by atoms with Gasteiger partial charge >= 0.3 is 10.1 Å². The molecule has 0 aliphatic carbocycles. The lowest BCUT2D eigenvalue weighted by Crippen LogP contribution is -2.12. The molecule has 25 heavy (non-hydrogen) atoms. The molecule has 0 fully saturated rings. The number of carbonyl (C=O) groups excluding carboxylic acids is 1. The van der Waals surface area contributed by atoms with Gasteiger partial charge in [0.25, 0.3) is 0 Å². The summed E-state index contributed by atoms with van der Waals surface area (Å²) in [7, 11) is -1.28. The van der Waals surface area contributed by atoms with Crippen LogP contribution in [0.3, 0.4) is 0 Å². The quantitative estimate of drug-likeness (QED) is 0.792. The molecule has 0 unspecified atom stereocenters. The summed E-state index contributed by atoms with van der Waals surface area (Å²) in [5.74, 6) is 0.361. The molecule has 0 aliphatic heterocycles. The molecular formula is C17H19NO6S. The summed E-state index contributed by atoms with van der Waals surface area (Å²) in [4.78, 5) is 11.2. The van der Waals surface area contributed by atoms with E-state index in [0.29, 0.717) is 11.5 Å². The van der Waals surface area contributed by atoms with Crippen LogP contribution in [0.5, 0.6) is 17.2 Å². The van der Waals surface area contributed by atoms with Crippen molar-refractivity contribution in [1.29, 1.82) is 0 Å². The summed E-state index contributed by atoms with van der Waals surface area (Å²) in [6.07, 6.45) is 0. The smallest absolute Gasteiger partial charge is 0.339 e. The van der Waals surface area contributed by atoms with Gasteiger partial charge in [-0.2, -0.15) is 8.42 Å². The second-order valence-corrected chi connectivity index (χ2v) is 6.78. The van der Waals surface area contributed by atoms with Gasteiger partial charge in [0, 0.05) is 6.92 Å². The van der Waals surface area contributed by atoms with Crippen LogP contribution in [0, 0.1) is 6.92 Å². The van der Waals surface area contributed by atoms with Crippen LogP contribution in [-0.2, 0) is 14.9 Å². The maximum Gasteiger partial charge on any atom is 0.339 e. The number of amides is 1. The van der Waals surface area contributed by atoms with Crippen molar-refractivity contribution in [2.45, 2.75) is 18.7 Å². The van der Waals surface area contributed by atoms with Crippen molar-refractivity contribution in [3.05, 3.63) is 42.0 Å². The van der Waals surface area contributed by atoms with Crippen LogP contribution in [0.4, 0.5) is 5.69 Å². The fourth-order valence-electron chi connectivity index (χ4n) is 2.14. The van der Waals surface area contributed by atoms with E-state index in [-0.39, 0.29) is 22.2 Å². The van der Waals surface area contributed by atoms with E-state index < -0.39 is 10.1 Å². The Balaban J connectivity index is 2.41. The molecule has 0 saturated heterocycles. The molecule has 0 atom stereocenters. The largest absolute Gasteiger partial charge is 0.495 e. The third-order valence-corrected chi connectivity index (χ3v) is 4.52. The maximum absolute atomic E-state index is 12.6. The highest BCUT2D eigenvalue weighted by Crippen LogP contribution is 2.32. The fourth-order valence-corrected chi connectivity index (χ4v) is 3.11. The number of hydrogen-bond donors (Lipinski definition) is 1. The van der Waals surface area contributed by atoms with E-state index in [2.05, 4.69) is 5.32 Å². The van der Waals surface area contributed by atoms with Gasteiger partial charge < -0.3 is 19.0 Å². The van der Waals surface area contributed by atoms with Crippen LogP contribution in [0.15, 0.2) is 41.3 Å². The van der Waals surface area contributed by atoms with Crippen LogP contribution in [0.25, 0.3) is 0 Å². The standard InChI is InChI=1S/C17H19NO6S/c1-11-5-7-16(17(9-11)23-4)24-25(20,21)13-6-8-15(22-3)14(10-13)18-12(2)19/h5-10H,1-4H3,(H,18,19). The van der Waals surface area contributed by atoms with Crippen molar-refractivity contribution in [2.24, 2.45) is 0 Å². The van der Waals surface area contributed by atoms with Crippen molar-refractivity contribution in [3.8, 4) is 17.2 Å². The Hall–Kier alpha value is -2.74. The van der Waals surface area contributed by atoms with Crippen LogP contribution in [0.2, 0.25) is 0 Å². The highest BCUT2D eigenvalue weighted by Gasteiger charge is 2.21. The molecule has 8 heteroatoms. The molecule has 0 aromatic heterocycles. The first-order valence-corrected chi connectivity index (χ1v) is 8.72. The summed E-state index contributed by atoms with van der Waals surface area (Å²) < 4.78 is 40.6. The number of carbonyl (C=O) groups is 1. The lowest BCUT2D eigenvalue weighted by atomic mass is 10.2. The van der Waals surface area contributed by atoms with Gasteiger partial charge in [0.15, 0.2) is 11.5 Å². The lowest BCUT2D eigenvalue weighted by Gasteiger charge is -2.13. The first-order valence-electron chi connectivity index (χ1n) is 7.31. The number of ether oxygens (including phenoxy) is 2. The summed E-state index contributed by atoms with van der Waals surface area (Å²) in [5, 5.41) is 2.52. The monoisotopic (exact) mass is 365 g/mol. The van der Waals surface area contributed by atoms with Gasteiger partial charge in [0.05, 0.1) is 19.9 Å². The minimum Gasteiger partial charge on any atom is -0.495 e. The zero-order valence-corrected chi connectivity index (χ0v) is 15.1. The van der Waals surface area contributed by atoms with Crippen LogP contribution >= 0.6 is 0 Å². The van der Waals surface area contributed by atoms with Gasteiger partial charge in [-0.1, -0.05) is 6.07 Å². The number of hydrogen-bond acceptors (Lipinski definition) is 6. The number of nitrogens with one attached hydrogen (secondary N) is 1. The number of aryl methyl sites for hydroxylation is 1. The minimum absolute atomic E-state index is 0.0741. The van der Waals surface area contributed by atoms with Gasteiger partial charge in [-0.05, 0) is 42.8 Å². The molecular weight excluding hydrogens is 346 g/mol. The summed E-state index contributed by atoms with van der Waals surface area (Å²) in [6, 6.07) is 8.94. The SMILES string of the molecule is COc1ccc(S(=O)(=O)Oc2ccc(C)cc2OC)cc1NC(C)=O. The predicted octanol–water partition coefficient (Wildman–Crippen LogP) is 2.74. The van der Waals surface area contributed by atoms with Crippen molar-refractivity contribution in [3.63, 3.8) is 0 Å². The zero-order chi connectivity index (χ0) is 18.6. The Bertz CT molecular complexity index is 892. The molecule has 0 spiro atoms.